The molecule has 1 N–H and O–H groups in total. The van der Waals surface area contributed by atoms with E-state index in [4.69, 9.17) is 14.5 Å². The number of benzene rings is 2. The van der Waals surface area contributed by atoms with Crippen molar-refractivity contribution < 1.29 is 19.4 Å². The van der Waals surface area contributed by atoms with Crippen LogP contribution in [-0.2, 0) is 16.1 Å². The maximum Gasteiger partial charge on any atom is 0.338 e. The number of aliphatic imine (C=N–C) groups is 1. The molecule has 0 saturated carbocycles. The molecular weight excluding hydrogens is 426 g/mol. The van der Waals surface area contributed by atoms with Crippen LogP contribution in [0.5, 0.6) is 0 Å². The Labute approximate surface area is 202 Å². The molecule has 1 aliphatic heterocycles. The third-order valence-electron chi connectivity index (χ3n) is 6.98. The van der Waals surface area contributed by atoms with Crippen LogP contribution in [0.3, 0.4) is 0 Å². The summed E-state index contributed by atoms with van der Waals surface area (Å²) in [6.45, 7) is 2.81. The van der Waals surface area contributed by atoms with Gasteiger partial charge in [-0.1, -0.05) is 62.2 Å². The third kappa shape index (κ3) is 5.48. The van der Waals surface area contributed by atoms with Gasteiger partial charge >= 0.3 is 5.97 Å². The van der Waals surface area contributed by atoms with E-state index in [1.165, 1.54) is 12.7 Å². The second-order valence-electron chi connectivity index (χ2n) is 9.32. The van der Waals surface area contributed by atoms with E-state index in [-0.39, 0.29) is 30.5 Å². The molecule has 2 aromatic carbocycles. The summed E-state index contributed by atoms with van der Waals surface area (Å²) in [4.78, 5) is 17.4. The first-order valence-electron chi connectivity index (χ1n) is 12.4. The van der Waals surface area contributed by atoms with Gasteiger partial charge in [-0.25, -0.2) is 4.79 Å². The summed E-state index contributed by atoms with van der Waals surface area (Å²) in [5.41, 5.74) is 5.70. The van der Waals surface area contributed by atoms with Gasteiger partial charge in [0.25, 0.3) is 0 Å². The monoisotopic (exact) mass is 461 g/mol. The van der Waals surface area contributed by atoms with Crippen molar-refractivity contribution >= 4 is 12.2 Å². The SMILES string of the molecule is CCCCC1C=NC2=C(CC(CO)CC2)C1OCc1ccc(-c2ccccc2)c(C(=O)OC)c1. The molecule has 5 nitrogen and oxygen atoms in total. The number of esters is 1. The maximum absolute atomic E-state index is 12.6. The number of aliphatic hydroxyl groups excluding tert-OH is 1. The highest BCUT2D eigenvalue weighted by Crippen LogP contribution is 2.39. The van der Waals surface area contributed by atoms with Gasteiger partial charge in [-0.3, -0.25) is 4.99 Å². The lowest BCUT2D eigenvalue weighted by Crippen LogP contribution is -2.34. The van der Waals surface area contributed by atoms with Crippen LogP contribution in [0.15, 0.2) is 64.8 Å². The predicted molar refractivity (Wildman–Crippen MR) is 135 cm³/mol. The first-order valence-corrected chi connectivity index (χ1v) is 12.4. The van der Waals surface area contributed by atoms with Crippen molar-refractivity contribution in [2.75, 3.05) is 13.7 Å². The molecule has 0 fully saturated rings. The highest BCUT2D eigenvalue weighted by Gasteiger charge is 2.34. The Kier molecular flexibility index (Phi) is 8.30. The summed E-state index contributed by atoms with van der Waals surface area (Å²) in [5, 5.41) is 9.76. The molecule has 0 aromatic heterocycles. The summed E-state index contributed by atoms with van der Waals surface area (Å²) in [7, 11) is 1.41. The van der Waals surface area contributed by atoms with Crippen LogP contribution in [0.1, 0.15) is 61.4 Å². The van der Waals surface area contributed by atoms with Crippen molar-refractivity contribution in [3.8, 4) is 11.1 Å². The molecule has 0 radical (unpaired) electrons. The number of rotatable bonds is 9. The van der Waals surface area contributed by atoms with Gasteiger partial charge in [-0.2, -0.15) is 0 Å². The van der Waals surface area contributed by atoms with Crippen molar-refractivity contribution in [1.29, 1.82) is 0 Å². The molecule has 1 heterocycles. The number of hydrogen-bond acceptors (Lipinski definition) is 5. The van der Waals surface area contributed by atoms with Gasteiger partial charge in [-0.05, 0) is 59.9 Å². The first kappa shape index (κ1) is 24.4. The van der Waals surface area contributed by atoms with Crippen molar-refractivity contribution in [1.82, 2.24) is 0 Å². The van der Waals surface area contributed by atoms with E-state index < -0.39 is 0 Å². The van der Waals surface area contributed by atoms with Crippen LogP contribution < -0.4 is 0 Å². The standard InChI is InChI=1S/C29H35NO4/c1-3-4-8-23-17-30-27-14-12-20(18-31)15-26(27)28(23)34-19-21-11-13-24(22-9-6-5-7-10-22)25(16-21)29(32)33-2/h5-7,9-11,13,16-17,20,23,28,31H,3-4,8,12,14-15,18-19H2,1-2H3. The largest absolute Gasteiger partial charge is 0.465 e. The third-order valence-corrected chi connectivity index (χ3v) is 6.98. The smallest absolute Gasteiger partial charge is 0.338 e. The fourth-order valence-electron chi connectivity index (χ4n) is 5.04. The number of carbonyl (C=O) groups excluding carboxylic acids is 1. The fraction of sp³-hybridized carbons (Fsp3) is 0.448. The van der Waals surface area contributed by atoms with Crippen molar-refractivity contribution in [2.24, 2.45) is 16.8 Å². The molecule has 0 amide bonds. The second-order valence-corrected chi connectivity index (χ2v) is 9.32. The van der Waals surface area contributed by atoms with Gasteiger partial charge in [0.15, 0.2) is 0 Å². The number of ether oxygens (including phenoxy) is 2. The molecule has 2 aromatic rings. The summed E-state index contributed by atoms with van der Waals surface area (Å²) in [6, 6.07) is 15.8. The fourth-order valence-corrected chi connectivity index (χ4v) is 5.04. The van der Waals surface area contributed by atoms with Crippen molar-refractivity contribution in [2.45, 2.75) is 58.2 Å². The zero-order chi connectivity index (χ0) is 23.9. The van der Waals surface area contributed by atoms with Gasteiger partial charge in [-0.15, -0.1) is 0 Å². The molecule has 0 bridgehead atoms. The first-order chi connectivity index (χ1) is 16.6. The Morgan fingerprint density at radius 2 is 2.00 bits per heavy atom. The van der Waals surface area contributed by atoms with Crippen molar-refractivity contribution in [3.05, 3.63) is 70.9 Å². The summed E-state index contributed by atoms with van der Waals surface area (Å²) in [5.74, 6) is 0.162. The van der Waals surface area contributed by atoms with E-state index in [0.717, 1.165) is 60.9 Å². The zero-order valence-corrected chi connectivity index (χ0v) is 20.2. The molecule has 4 rings (SSSR count). The van der Waals surface area contributed by atoms with Crippen LogP contribution in [0.4, 0.5) is 0 Å². The van der Waals surface area contributed by atoms with Crippen LogP contribution in [0.2, 0.25) is 0 Å². The molecule has 180 valence electrons. The van der Waals surface area contributed by atoms with Gasteiger partial charge in [0.1, 0.15) is 0 Å². The van der Waals surface area contributed by atoms with Crippen LogP contribution in [0, 0.1) is 11.8 Å². The topological polar surface area (TPSA) is 68.1 Å². The van der Waals surface area contributed by atoms with Crippen molar-refractivity contribution in [3.63, 3.8) is 0 Å². The molecule has 5 heteroatoms. The lowest BCUT2D eigenvalue weighted by Gasteiger charge is -2.36. The average molecular weight is 462 g/mol. The van der Waals surface area contributed by atoms with Gasteiger partial charge in [0, 0.05) is 24.4 Å². The molecule has 34 heavy (non-hydrogen) atoms. The molecular formula is C29H35NO4. The summed E-state index contributed by atoms with van der Waals surface area (Å²) >= 11 is 0. The number of carbonyl (C=O) groups is 1. The molecule has 0 saturated heterocycles. The Morgan fingerprint density at radius 1 is 1.18 bits per heavy atom. The number of unbranched alkanes of at least 4 members (excludes halogenated alkanes) is 1. The minimum absolute atomic E-state index is 0.0382. The van der Waals surface area contributed by atoms with Gasteiger partial charge < -0.3 is 14.6 Å². The number of aliphatic hydroxyl groups is 1. The van der Waals surface area contributed by atoms with Gasteiger partial charge in [0.2, 0.25) is 0 Å². The molecule has 2 aliphatic rings. The quantitative estimate of drug-likeness (QED) is 0.468. The highest BCUT2D eigenvalue weighted by atomic mass is 16.5. The predicted octanol–water partition coefficient (Wildman–Crippen LogP) is 5.96. The van der Waals surface area contributed by atoms with E-state index in [9.17, 15) is 9.90 Å². The second kappa shape index (κ2) is 11.6. The number of nitrogens with zero attached hydrogens (tertiary/aromatic N) is 1. The van der Waals surface area contributed by atoms with E-state index in [0.29, 0.717) is 12.2 Å². The van der Waals surface area contributed by atoms with E-state index >= 15 is 0 Å². The van der Waals surface area contributed by atoms with E-state index in [1.54, 1.807) is 0 Å². The summed E-state index contributed by atoms with van der Waals surface area (Å²) in [6.07, 6.45) is 8.05. The summed E-state index contributed by atoms with van der Waals surface area (Å²) < 4.78 is 11.6. The number of allylic oxidation sites excluding steroid dienone is 1. The number of hydrogen-bond donors (Lipinski definition) is 1. The van der Waals surface area contributed by atoms with Gasteiger partial charge in [0.05, 0.1) is 25.4 Å². The molecule has 0 spiro atoms. The average Bonchev–Trinajstić information content (AvgIpc) is 2.90. The molecule has 1 aliphatic carbocycles. The van der Waals surface area contributed by atoms with Crippen LogP contribution in [-0.4, -0.2) is 37.1 Å². The van der Waals surface area contributed by atoms with Crippen LogP contribution >= 0.6 is 0 Å². The lowest BCUT2D eigenvalue weighted by atomic mass is 9.79. The molecule has 3 unspecified atom stereocenters. The number of methoxy groups -OCH3 is 1. The molecule has 3 atom stereocenters. The Balaban J connectivity index is 1.58. The highest BCUT2D eigenvalue weighted by molar-refractivity contribution is 5.97. The van der Waals surface area contributed by atoms with E-state index in [2.05, 4.69) is 13.1 Å². The Bertz CT molecular complexity index is 1040. The van der Waals surface area contributed by atoms with Crippen LogP contribution in [0.25, 0.3) is 11.1 Å². The minimum atomic E-state index is -0.352. The lowest BCUT2D eigenvalue weighted by molar-refractivity contribution is 0.0326. The minimum Gasteiger partial charge on any atom is -0.465 e. The zero-order valence-electron chi connectivity index (χ0n) is 20.2. The Hall–Kier alpha value is -2.76. The Morgan fingerprint density at radius 3 is 2.74 bits per heavy atom. The van der Waals surface area contributed by atoms with E-state index in [1.807, 2.05) is 48.5 Å². The normalized spacial score (nSPS) is 21.9. The maximum atomic E-state index is 12.6.